The molecule has 0 saturated heterocycles. The van der Waals surface area contributed by atoms with Crippen LogP contribution in [0.1, 0.15) is 44.1 Å². The van der Waals surface area contributed by atoms with Gasteiger partial charge in [-0.05, 0) is 56.3 Å². The minimum Gasteiger partial charge on any atom is -0.338 e. The number of Topliss-reactive ketones (excluding diaryl/α,β-unsaturated/α-hetero) is 1. The lowest BCUT2D eigenvalue weighted by molar-refractivity contribution is -0.116. The number of aromatic nitrogens is 2. The minimum absolute atomic E-state index is 0.120. The van der Waals surface area contributed by atoms with Crippen molar-refractivity contribution in [3.05, 3.63) is 38.5 Å². The largest absolute Gasteiger partial charge is 0.338 e. The second kappa shape index (κ2) is 6.61. The standard InChI is InChI=1S/C14H18N2O2S/c17-12-8-4-3-6-10(12)5-1-2-7-11-9-15-14(19)16-13(11)18/h5,9H,1-4,6-8H2,(H2,15,16,18,19)/b10-5-. The molecule has 1 aromatic rings. The molecule has 0 aromatic carbocycles. The topological polar surface area (TPSA) is 65.7 Å². The average Bonchev–Trinajstić information content (AvgIpc) is 2.38. The summed E-state index contributed by atoms with van der Waals surface area (Å²) in [5.41, 5.74) is 1.57. The van der Waals surface area contributed by atoms with Crippen LogP contribution in [0.5, 0.6) is 0 Å². The highest BCUT2D eigenvalue weighted by Crippen LogP contribution is 2.20. The Hall–Kier alpha value is -1.49. The van der Waals surface area contributed by atoms with E-state index in [4.69, 9.17) is 12.2 Å². The van der Waals surface area contributed by atoms with Crippen LogP contribution in [-0.4, -0.2) is 15.8 Å². The maximum Gasteiger partial charge on any atom is 0.254 e. The van der Waals surface area contributed by atoms with Crippen LogP contribution < -0.4 is 5.56 Å². The van der Waals surface area contributed by atoms with Crippen molar-refractivity contribution in [2.24, 2.45) is 0 Å². The van der Waals surface area contributed by atoms with E-state index in [1.807, 2.05) is 6.08 Å². The third kappa shape index (κ3) is 3.99. The lowest BCUT2D eigenvalue weighted by Crippen LogP contribution is -2.13. The van der Waals surface area contributed by atoms with Gasteiger partial charge in [-0.1, -0.05) is 6.08 Å². The summed E-state index contributed by atoms with van der Waals surface area (Å²) in [5.74, 6) is 0.299. The molecule has 0 aliphatic heterocycles. The maximum atomic E-state index is 11.6. The zero-order valence-corrected chi connectivity index (χ0v) is 11.6. The molecule has 1 heterocycles. The zero-order valence-electron chi connectivity index (χ0n) is 10.8. The number of rotatable bonds is 4. The molecule has 0 bridgehead atoms. The normalized spacial score (nSPS) is 17.9. The molecule has 2 N–H and O–H groups in total. The van der Waals surface area contributed by atoms with Crippen LogP contribution in [0.15, 0.2) is 22.6 Å². The van der Waals surface area contributed by atoms with Crippen LogP contribution in [-0.2, 0) is 11.2 Å². The number of allylic oxidation sites excluding steroid dienone is 2. The van der Waals surface area contributed by atoms with E-state index >= 15 is 0 Å². The second-order valence-electron chi connectivity index (χ2n) is 4.85. The fourth-order valence-corrected chi connectivity index (χ4v) is 2.46. The molecule has 2 rings (SSSR count). The van der Waals surface area contributed by atoms with Gasteiger partial charge in [0.1, 0.15) is 0 Å². The Kier molecular flexibility index (Phi) is 4.85. The van der Waals surface area contributed by atoms with Gasteiger partial charge < -0.3 is 4.98 Å². The molecule has 0 atom stereocenters. The average molecular weight is 278 g/mol. The number of nitrogens with one attached hydrogen (secondary N) is 2. The van der Waals surface area contributed by atoms with Gasteiger partial charge >= 0.3 is 0 Å². The van der Waals surface area contributed by atoms with Crippen molar-refractivity contribution in [1.29, 1.82) is 0 Å². The number of carbonyl (C=O) groups excluding carboxylic acids is 1. The van der Waals surface area contributed by atoms with Crippen LogP contribution in [0.2, 0.25) is 0 Å². The predicted molar refractivity (Wildman–Crippen MR) is 76.7 cm³/mol. The van der Waals surface area contributed by atoms with E-state index in [1.165, 1.54) is 0 Å². The van der Waals surface area contributed by atoms with Crippen LogP contribution in [0.25, 0.3) is 0 Å². The number of ketones is 1. The fourth-order valence-electron chi connectivity index (χ4n) is 2.31. The monoisotopic (exact) mass is 278 g/mol. The van der Waals surface area contributed by atoms with Crippen molar-refractivity contribution in [3.63, 3.8) is 0 Å². The first-order valence-corrected chi connectivity index (χ1v) is 7.11. The molecule has 0 radical (unpaired) electrons. The molecular formula is C14H18N2O2S. The number of H-pyrrole nitrogens is 2. The van der Waals surface area contributed by atoms with Crippen molar-refractivity contribution in [2.45, 2.75) is 44.9 Å². The van der Waals surface area contributed by atoms with Crippen LogP contribution in [0.4, 0.5) is 0 Å². The quantitative estimate of drug-likeness (QED) is 0.505. The molecule has 4 nitrogen and oxygen atoms in total. The molecule has 1 aliphatic carbocycles. The number of aromatic amines is 2. The van der Waals surface area contributed by atoms with Gasteiger partial charge in [0.25, 0.3) is 5.56 Å². The summed E-state index contributed by atoms with van der Waals surface area (Å²) in [6.07, 6.45) is 9.86. The third-order valence-electron chi connectivity index (χ3n) is 3.40. The summed E-state index contributed by atoms with van der Waals surface area (Å²) >= 11 is 4.83. The SMILES string of the molecule is O=C1CCCC/C1=C/CCCc1c[nH]c(=S)[nH]c1=O. The maximum absolute atomic E-state index is 11.6. The molecule has 19 heavy (non-hydrogen) atoms. The Morgan fingerprint density at radius 3 is 2.79 bits per heavy atom. The van der Waals surface area contributed by atoms with Crippen LogP contribution in [0.3, 0.4) is 0 Å². The molecule has 1 saturated carbocycles. The van der Waals surface area contributed by atoms with Crippen molar-refractivity contribution in [3.8, 4) is 0 Å². The highest BCUT2D eigenvalue weighted by molar-refractivity contribution is 7.71. The lowest BCUT2D eigenvalue weighted by Gasteiger charge is -2.12. The lowest BCUT2D eigenvalue weighted by atomic mass is 9.92. The third-order valence-corrected chi connectivity index (χ3v) is 3.62. The summed E-state index contributed by atoms with van der Waals surface area (Å²) in [7, 11) is 0. The van der Waals surface area contributed by atoms with Crippen molar-refractivity contribution >= 4 is 18.0 Å². The van der Waals surface area contributed by atoms with Gasteiger partial charge in [0.15, 0.2) is 10.6 Å². The van der Waals surface area contributed by atoms with Gasteiger partial charge in [0, 0.05) is 18.2 Å². The van der Waals surface area contributed by atoms with E-state index in [-0.39, 0.29) is 5.56 Å². The van der Waals surface area contributed by atoms with E-state index in [2.05, 4.69) is 9.97 Å². The van der Waals surface area contributed by atoms with Gasteiger partial charge in [-0.2, -0.15) is 0 Å². The number of hydrogen-bond acceptors (Lipinski definition) is 3. The van der Waals surface area contributed by atoms with Gasteiger partial charge in [0.05, 0.1) is 0 Å². The first-order valence-electron chi connectivity index (χ1n) is 6.70. The van der Waals surface area contributed by atoms with E-state index in [9.17, 15) is 9.59 Å². The Morgan fingerprint density at radius 2 is 2.05 bits per heavy atom. The number of hydrogen-bond donors (Lipinski definition) is 2. The summed E-state index contributed by atoms with van der Waals surface area (Å²) in [6.45, 7) is 0. The first-order chi connectivity index (χ1) is 9.16. The molecule has 0 amide bonds. The number of carbonyl (C=O) groups is 1. The summed E-state index contributed by atoms with van der Waals surface area (Å²) in [6, 6.07) is 0. The van der Waals surface area contributed by atoms with Gasteiger partial charge in [0.2, 0.25) is 0 Å². The van der Waals surface area contributed by atoms with Crippen LogP contribution >= 0.6 is 12.2 Å². The Labute approximate surface area is 117 Å². The molecule has 102 valence electrons. The van der Waals surface area contributed by atoms with Gasteiger partial charge in [-0.3, -0.25) is 14.6 Å². The fraction of sp³-hybridized carbons (Fsp3) is 0.500. The van der Waals surface area contributed by atoms with E-state index in [0.717, 1.165) is 37.7 Å². The van der Waals surface area contributed by atoms with Crippen molar-refractivity contribution in [2.75, 3.05) is 0 Å². The smallest absolute Gasteiger partial charge is 0.254 e. The van der Waals surface area contributed by atoms with Gasteiger partial charge in [-0.25, -0.2) is 0 Å². The van der Waals surface area contributed by atoms with E-state index in [1.54, 1.807) is 6.20 Å². The number of unbranched alkanes of at least 4 members (excludes halogenated alkanes) is 1. The summed E-state index contributed by atoms with van der Waals surface area (Å²) in [5, 5.41) is 0. The van der Waals surface area contributed by atoms with Gasteiger partial charge in [-0.15, -0.1) is 0 Å². The Bertz CT molecular complexity index is 598. The molecular weight excluding hydrogens is 260 g/mol. The number of aryl methyl sites for hydroxylation is 1. The predicted octanol–water partition coefficient (Wildman–Crippen LogP) is 2.82. The molecule has 1 aliphatic rings. The Balaban J connectivity index is 1.86. The molecule has 1 fully saturated rings. The summed E-state index contributed by atoms with van der Waals surface area (Å²) in [4.78, 5) is 28.6. The Morgan fingerprint density at radius 1 is 1.26 bits per heavy atom. The van der Waals surface area contributed by atoms with E-state index in [0.29, 0.717) is 29.0 Å². The molecule has 0 unspecified atom stereocenters. The highest BCUT2D eigenvalue weighted by Gasteiger charge is 2.13. The molecule has 1 aromatic heterocycles. The second-order valence-corrected chi connectivity index (χ2v) is 5.26. The first kappa shape index (κ1) is 13.9. The minimum atomic E-state index is -0.120. The molecule has 5 heteroatoms. The van der Waals surface area contributed by atoms with Crippen molar-refractivity contribution in [1.82, 2.24) is 9.97 Å². The van der Waals surface area contributed by atoms with E-state index < -0.39 is 0 Å². The summed E-state index contributed by atoms with van der Waals surface area (Å²) < 4.78 is 0.351. The molecule has 0 spiro atoms. The zero-order chi connectivity index (χ0) is 13.7. The van der Waals surface area contributed by atoms with Crippen LogP contribution in [0, 0.1) is 4.77 Å². The van der Waals surface area contributed by atoms with Crippen molar-refractivity contribution < 1.29 is 4.79 Å². The highest BCUT2D eigenvalue weighted by atomic mass is 32.1.